The molecule has 2 aliphatic rings. The lowest BCUT2D eigenvalue weighted by Crippen LogP contribution is -2.48. The minimum absolute atomic E-state index is 0.0265. The van der Waals surface area contributed by atoms with Crippen LogP contribution in [0.2, 0.25) is 0 Å². The van der Waals surface area contributed by atoms with Gasteiger partial charge in [0.05, 0.1) is 0 Å². The first-order valence-electron chi connectivity index (χ1n) is 8.26. The van der Waals surface area contributed by atoms with Crippen LogP contribution < -0.4 is 10.6 Å². The third kappa shape index (κ3) is 3.34. The van der Waals surface area contributed by atoms with Crippen LogP contribution in [0.3, 0.4) is 0 Å². The summed E-state index contributed by atoms with van der Waals surface area (Å²) in [6.45, 7) is 1.67. The highest BCUT2D eigenvalue weighted by Gasteiger charge is 2.37. The summed E-state index contributed by atoms with van der Waals surface area (Å²) in [4.78, 5) is 27.6. The van der Waals surface area contributed by atoms with Crippen molar-refractivity contribution in [2.24, 2.45) is 11.7 Å². The van der Waals surface area contributed by atoms with Crippen LogP contribution in [-0.4, -0.2) is 42.4 Å². The first-order chi connectivity index (χ1) is 11.5. The van der Waals surface area contributed by atoms with E-state index in [9.17, 15) is 18.4 Å². The molecule has 0 spiro atoms. The number of nitrogens with zero attached hydrogens (tertiary/aromatic N) is 2. The van der Waals surface area contributed by atoms with E-state index in [0.29, 0.717) is 44.6 Å². The van der Waals surface area contributed by atoms with Gasteiger partial charge in [-0.1, -0.05) is 0 Å². The summed E-state index contributed by atoms with van der Waals surface area (Å²) in [5.41, 5.74) is 5.86. The van der Waals surface area contributed by atoms with E-state index in [1.54, 1.807) is 4.90 Å². The predicted octanol–water partition coefficient (Wildman–Crippen LogP) is 1.66. The zero-order chi connectivity index (χ0) is 17.3. The first-order valence-corrected chi connectivity index (χ1v) is 8.26. The average molecular weight is 337 g/mol. The van der Waals surface area contributed by atoms with E-state index >= 15 is 0 Å². The average Bonchev–Trinajstić information content (AvgIpc) is 3.03. The van der Waals surface area contributed by atoms with E-state index in [4.69, 9.17) is 5.73 Å². The molecule has 24 heavy (non-hydrogen) atoms. The molecule has 0 radical (unpaired) electrons. The van der Waals surface area contributed by atoms with Crippen molar-refractivity contribution in [2.45, 2.75) is 31.7 Å². The zero-order valence-electron chi connectivity index (χ0n) is 13.4. The number of carbonyl (C=O) groups is 2. The Bertz CT molecular complexity index is 624. The highest BCUT2D eigenvalue weighted by molar-refractivity contribution is 5.88. The second-order valence-electron chi connectivity index (χ2n) is 6.48. The Hall–Kier alpha value is -2.18. The summed E-state index contributed by atoms with van der Waals surface area (Å²) >= 11 is 0. The Labute approximate surface area is 139 Å². The SMILES string of the molecule is NC(=O)[C@@H]1CCCN1C(=O)C1CCN(c2cc(F)cc(F)c2)CC1. The van der Waals surface area contributed by atoms with E-state index in [1.807, 2.05) is 4.90 Å². The van der Waals surface area contributed by atoms with Crippen LogP contribution >= 0.6 is 0 Å². The van der Waals surface area contributed by atoms with E-state index in [0.717, 1.165) is 12.5 Å². The number of hydrogen-bond acceptors (Lipinski definition) is 3. The molecule has 1 atom stereocenters. The van der Waals surface area contributed by atoms with Gasteiger partial charge < -0.3 is 15.5 Å². The molecule has 0 saturated carbocycles. The molecular weight excluding hydrogens is 316 g/mol. The van der Waals surface area contributed by atoms with Gasteiger partial charge in [0.15, 0.2) is 0 Å². The Kier molecular flexibility index (Phi) is 4.69. The van der Waals surface area contributed by atoms with Crippen molar-refractivity contribution in [3.8, 4) is 0 Å². The molecule has 2 heterocycles. The van der Waals surface area contributed by atoms with E-state index in [-0.39, 0.29) is 11.8 Å². The van der Waals surface area contributed by atoms with E-state index < -0.39 is 23.6 Å². The summed E-state index contributed by atoms with van der Waals surface area (Å²) in [6.07, 6.45) is 2.61. The van der Waals surface area contributed by atoms with Crippen molar-refractivity contribution in [3.63, 3.8) is 0 Å². The van der Waals surface area contributed by atoms with Gasteiger partial charge in [-0.3, -0.25) is 9.59 Å². The summed E-state index contributed by atoms with van der Waals surface area (Å²) in [7, 11) is 0. The number of amides is 2. The number of benzene rings is 1. The number of nitrogens with two attached hydrogens (primary N) is 1. The van der Waals surface area contributed by atoms with Crippen molar-refractivity contribution >= 4 is 17.5 Å². The van der Waals surface area contributed by atoms with Crippen molar-refractivity contribution in [1.82, 2.24) is 4.90 Å². The molecule has 2 amide bonds. The minimum atomic E-state index is -0.607. The van der Waals surface area contributed by atoms with Crippen LogP contribution in [0.5, 0.6) is 0 Å². The summed E-state index contributed by atoms with van der Waals surface area (Å²) < 4.78 is 26.7. The molecule has 5 nitrogen and oxygen atoms in total. The molecule has 3 rings (SSSR count). The number of piperidine rings is 1. The van der Waals surface area contributed by atoms with Gasteiger partial charge in [-0.2, -0.15) is 0 Å². The molecule has 2 N–H and O–H groups in total. The molecular formula is C17H21F2N3O2. The number of carbonyl (C=O) groups excluding carboxylic acids is 2. The highest BCUT2D eigenvalue weighted by atomic mass is 19.1. The van der Waals surface area contributed by atoms with E-state index in [2.05, 4.69) is 0 Å². The molecule has 0 unspecified atom stereocenters. The zero-order valence-corrected chi connectivity index (χ0v) is 13.4. The Morgan fingerprint density at radius 3 is 2.21 bits per heavy atom. The second-order valence-corrected chi connectivity index (χ2v) is 6.48. The topological polar surface area (TPSA) is 66.6 Å². The molecule has 2 saturated heterocycles. The normalized spacial score (nSPS) is 22.0. The van der Waals surface area contributed by atoms with Crippen LogP contribution in [0, 0.1) is 17.6 Å². The number of hydrogen-bond donors (Lipinski definition) is 1. The Balaban J connectivity index is 1.62. The first kappa shape index (κ1) is 16.7. The number of likely N-dealkylation sites (tertiary alicyclic amines) is 1. The monoisotopic (exact) mass is 337 g/mol. The lowest BCUT2D eigenvalue weighted by Gasteiger charge is -2.35. The standard InChI is InChI=1S/C17H21F2N3O2/c18-12-8-13(19)10-14(9-12)21-6-3-11(4-7-21)17(24)22-5-1-2-15(22)16(20)23/h8-11,15H,1-7H2,(H2,20,23)/t15-/m0/s1. The van der Waals surface area contributed by atoms with Gasteiger partial charge in [-0.15, -0.1) is 0 Å². The maximum Gasteiger partial charge on any atom is 0.240 e. The number of rotatable bonds is 3. The molecule has 2 fully saturated rings. The van der Waals surface area contributed by atoms with E-state index in [1.165, 1.54) is 12.1 Å². The van der Waals surface area contributed by atoms with Gasteiger partial charge in [0, 0.05) is 37.3 Å². The van der Waals surface area contributed by atoms with Gasteiger partial charge in [0.2, 0.25) is 11.8 Å². The predicted molar refractivity (Wildman–Crippen MR) is 85.2 cm³/mol. The van der Waals surface area contributed by atoms with Crippen LogP contribution in [0.15, 0.2) is 18.2 Å². The number of primary amides is 1. The molecule has 7 heteroatoms. The largest absolute Gasteiger partial charge is 0.371 e. The third-order valence-electron chi connectivity index (χ3n) is 4.92. The fourth-order valence-electron chi connectivity index (χ4n) is 3.67. The van der Waals surface area contributed by atoms with Crippen LogP contribution in [0.4, 0.5) is 14.5 Å². The van der Waals surface area contributed by atoms with Crippen molar-refractivity contribution in [2.75, 3.05) is 24.5 Å². The maximum atomic E-state index is 13.3. The van der Waals surface area contributed by atoms with Gasteiger partial charge in [-0.25, -0.2) is 8.78 Å². The van der Waals surface area contributed by atoms with Gasteiger partial charge in [0.25, 0.3) is 0 Å². The molecule has 2 aliphatic heterocycles. The fourth-order valence-corrected chi connectivity index (χ4v) is 3.67. The number of anilines is 1. The molecule has 0 bridgehead atoms. The fraction of sp³-hybridized carbons (Fsp3) is 0.529. The summed E-state index contributed by atoms with van der Waals surface area (Å²) in [5.74, 6) is -1.86. The molecule has 1 aromatic rings. The van der Waals surface area contributed by atoms with Crippen molar-refractivity contribution in [1.29, 1.82) is 0 Å². The molecule has 130 valence electrons. The minimum Gasteiger partial charge on any atom is -0.371 e. The Morgan fingerprint density at radius 2 is 1.62 bits per heavy atom. The van der Waals surface area contributed by atoms with Gasteiger partial charge in [0.1, 0.15) is 17.7 Å². The second kappa shape index (κ2) is 6.75. The molecule has 0 aromatic heterocycles. The van der Waals surface area contributed by atoms with Gasteiger partial charge >= 0.3 is 0 Å². The van der Waals surface area contributed by atoms with Crippen molar-refractivity contribution < 1.29 is 18.4 Å². The van der Waals surface area contributed by atoms with Crippen LogP contribution in [0.25, 0.3) is 0 Å². The lowest BCUT2D eigenvalue weighted by atomic mass is 9.94. The number of halogens is 2. The van der Waals surface area contributed by atoms with Crippen LogP contribution in [0.1, 0.15) is 25.7 Å². The lowest BCUT2D eigenvalue weighted by molar-refractivity contribution is -0.141. The van der Waals surface area contributed by atoms with Gasteiger partial charge in [-0.05, 0) is 37.8 Å². The molecule has 0 aliphatic carbocycles. The highest BCUT2D eigenvalue weighted by Crippen LogP contribution is 2.28. The van der Waals surface area contributed by atoms with Crippen LogP contribution in [-0.2, 0) is 9.59 Å². The summed E-state index contributed by atoms with van der Waals surface area (Å²) in [6, 6.07) is 2.95. The van der Waals surface area contributed by atoms with Crippen molar-refractivity contribution in [3.05, 3.63) is 29.8 Å². The molecule has 1 aromatic carbocycles. The summed E-state index contributed by atoms with van der Waals surface area (Å²) in [5, 5.41) is 0. The smallest absolute Gasteiger partial charge is 0.240 e. The maximum absolute atomic E-state index is 13.3. The quantitative estimate of drug-likeness (QED) is 0.912. The Morgan fingerprint density at radius 1 is 1.00 bits per heavy atom. The third-order valence-corrected chi connectivity index (χ3v) is 4.92.